The lowest BCUT2D eigenvalue weighted by Gasteiger charge is -2.35. The van der Waals surface area contributed by atoms with E-state index in [-0.39, 0.29) is 54.8 Å². The molecular formula is C31H38ClFN2O5. The van der Waals surface area contributed by atoms with Crippen LogP contribution in [-0.4, -0.2) is 52.4 Å². The van der Waals surface area contributed by atoms with Gasteiger partial charge in [-0.15, -0.1) is 0 Å². The average molecular weight is 573 g/mol. The minimum atomic E-state index is -0.714. The van der Waals surface area contributed by atoms with Crippen LogP contribution in [0.25, 0.3) is 0 Å². The number of hydrogen-bond acceptors (Lipinski definition) is 5. The van der Waals surface area contributed by atoms with Crippen LogP contribution in [0, 0.1) is 17.7 Å². The number of halogens is 2. The van der Waals surface area contributed by atoms with E-state index in [1.54, 1.807) is 6.07 Å². The quantitative estimate of drug-likeness (QED) is 0.313. The minimum absolute atomic E-state index is 0.0829. The molecule has 0 bridgehead atoms. The fraction of sp³-hybridized carbons (Fsp3) is 0.516. The van der Waals surface area contributed by atoms with Gasteiger partial charge in [-0.05, 0) is 79.8 Å². The van der Waals surface area contributed by atoms with E-state index in [1.807, 2.05) is 18.2 Å². The van der Waals surface area contributed by atoms with Gasteiger partial charge in [0.05, 0.1) is 17.5 Å². The van der Waals surface area contributed by atoms with Gasteiger partial charge < -0.3 is 9.84 Å². The summed E-state index contributed by atoms with van der Waals surface area (Å²) >= 11 is 5.94. The van der Waals surface area contributed by atoms with E-state index in [0.29, 0.717) is 25.3 Å². The number of imide groups is 1. The Balaban J connectivity index is 1.47. The van der Waals surface area contributed by atoms with Crippen LogP contribution < -0.4 is 4.74 Å². The lowest BCUT2D eigenvalue weighted by molar-refractivity contribution is -0.143. The molecule has 2 aromatic carbocycles. The molecule has 2 amide bonds. The maximum absolute atomic E-state index is 14.3. The average Bonchev–Trinajstić information content (AvgIpc) is 3.27. The number of nitrogens with zero attached hydrogens (tertiary/aromatic N) is 2. The van der Waals surface area contributed by atoms with E-state index < -0.39 is 11.8 Å². The van der Waals surface area contributed by atoms with Crippen molar-refractivity contribution in [2.45, 2.75) is 71.4 Å². The zero-order chi connectivity index (χ0) is 28.8. The second kappa shape index (κ2) is 13.6. The standard InChI is InChI=1S/C31H38ClFN2O5/c1-3-23-16-22(6-11-28(23)40-15-14-35-29(36)12-13-30(35)37)19-34(18-21-4-7-24(8-5-21)31(38)39)20(2)25-9-10-26(32)27(33)17-25/h6,9-11,16-17,20-21,24H,3-5,7-8,12-15,18-19H2,1-2H3,(H,38,39)/t20-,21-,24-/m0/s1. The third-order valence-corrected chi connectivity index (χ3v) is 8.59. The molecule has 40 heavy (non-hydrogen) atoms. The van der Waals surface area contributed by atoms with Gasteiger partial charge in [0.1, 0.15) is 18.2 Å². The highest BCUT2D eigenvalue weighted by Crippen LogP contribution is 2.33. The molecule has 0 spiro atoms. The van der Waals surface area contributed by atoms with Crippen molar-refractivity contribution in [2.75, 3.05) is 19.7 Å². The van der Waals surface area contributed by atoms with Gasteiger partial charge in [0.25, 0.3) is 0 Å². The van der Waals surface area contributed by atoms with Crippen LogP contribution >= 0.6 is 11.6 Å². The number of amides is 2. The zero-order valence-corrected chi connectivity index (χ0v) is 24.0. The summed E-state index contributed by atoms with van der Waals surface area (Å²) in [7, 11) is 0. The van der Waals surface area contributed by atoms with Crippen molar-refractivity contribution < 1.29 is 28.6 Å². The molecule has 1 saturated heterocycles. The lowest BCUT2D eigenvalue weighted by Crippen LogP contribution is -2.34. The van der Waals surface area contributed by atoms with Gasteiger partial charge in [-0.3, -0.25) is 24.2 Å². The zero-order valence-electron chi connectivity index (χ0n) is 23.2. The van der Waals surface area contributed by atoms with Crippen LogP contribution in [0.3, 0.4) is 0 Å². The van der Waals surface area contributed by atoms with Gasteiger partial charge in [0, 0.05) is 32.0 Å². The predicted octanol–water partition coefficient (Wildman–Crippen LogP) is 6.02. The summed E-state index contributed by atoms with van der Waals surface area (Å²) in [5, 5.41) is 9.49. The molecule has 2 aliphatic rings. The van der Waals surface area contributed by atoms with Gasteiger partial charge in [-0.2, -0.15) is 0 Å². The van der Waals surface area contributed by atoms with Crippen LogP contribution in [0.1, 0.15) is 75.1 Å². The Morgan fingerprint density at radius 1 is 1.12 bits per heavy atom. The van der Waals surface area contributed by atoms with Crippen LogP contribution in [-0.2, 0) is 27.3 Å². The van der Waals surface area contributed by atoms with Gasteiger partial charge in [-0.1, -0.05) is 36.7 Å². The Morgan fingerprint density at radius 3 is 2.45 bits per heavy atom. The van der Waals surface area contributed by atoms with Crippen molar-refractivity contribution in [3.05, 3.63) is 63.9 Å². The van der Waals surface area contributed by atoms with Crippen LogP contribution in [0.2, 0.25) is 5.02 Å². The SMILES string of the molecule is CCc1cc(CN(C[C@H]2CC[C@H](C(=O)O)CC2)[C@@H](C)c2ccc(Cl)c(F)c2)ccc1OCCN1C(=O)CCC1=O. The normalized spacial score (nSPS) is 20.3. The lowest BCUT2D eigenvalue weighted by atomic mass is 9.81. The smallest absolute Gasteiger partial charge is 0.306 e. The van der Waals surface area contributed by atoms with Crippen LogP contribution in [0.15, 0.2) is 36.4 Å². The maximum Gasteiger partial charge on any atom is 0.306 e. The highest BCUT2D eigenvalue weighted by atomic mass is 35.5. The van der Waals surface area contributed by atoms with Crippen molar-refractivity contribution in [1.29, 1.82) is 0 Å². The van der Waals surface area contributed by atoms with E-state index in [4.69, 9.17) is 16.3 Å². The number of aryl methyl sites for hydroxylation is 1. The molecule has 4 rings (SSSR count). The number of likely N-dealkylation sites (tertiary alicyclic amines) is 1. The Hall–Kier alpha value is -2.97. The number of rotatable bonds is 12. The number of carboxylic acid groups (broad SMARTS) is 1. The Morgan fingerprint density at radius 2 is 1.82 bits per heavy atom. The molecule has 2 aromatic rings. The number of benzene rings is 2. The third-order valence-electron chi connectivity index (χ3n) is 8.28. The number of carboxylic acids is 1. The molecule has 0 unspecified atom stereocenters. The van der Waals surface area contributed by atoms with E-state index in [9.17, 15) is 23.9 Å². The monoisotopic (exact) mass is 572 g/mol. The summed E-state index contributed by atoms with van der Waals surface area (Å²) < 4.78 is 20.3. The topological polar surface area (TPSA) is 87.2 Å². The predicted molar refractivity (Wildman–Crippen MR) is 151 cm³/mol. The first-order chi connectivity index (χ1) is 19.2. The van der Waals surface area contributed by atoms with Crippen molar-refractivity contribution in [3.63, 3.8) is 0 Å². The first-order valence-corrected chi connectivity index (χ1v) is 14.5. The summed E-state index contributed by atoms with van der Waals surface area (Å²) in [6.07, 6.45) is 4.35. The van der Waals surface area contributed by atoms with Gasteiger partial charge >= 0.3 is 5.97 Å². The van der Waals surface area contributed by atoms with Gasteiger partial charge in [0.15, 0.2) is 0 Å². The van der Waals surface area contributed by atoms with Crippen molar-refractivity contribution >= 4 is 29.4 Å². The summed E-state index contributed by atoms with van der Waals surface area (Å²) in [5.74, 6) is -0.629. The second-order valence-electron chi connectivity index (χ2n) is 10.9. The van der Waals surface area contributed by atoms with Crippen molar-refractivity contribution in [1.82, 2.24) is 9.80 Å². The largest absolute Gasteiger partial charge is 0.491 e. The molecule has 2 fully saturated rings. The van der Waals surface area contributed by atoms with E-state index in [2.05, 4.69) is 24.8 Å². The highest BCUT2D eigenvalue weighted by Gasteiger charge is 2.30. The Labute approximate surface area is 240 Å². The van der Waals surface area contributed by atoms with Crippen molar-refractivity contribution in [3.8, 4) is 5.75 Å². The highest BCUT2D eigenvalue weighted by molar-refractivity contribution is 6.30. The Kier molecular flexibility index (Phi) is 10.2. The number of carbonyl (C=O) groups is 3. The molecule has 1 N–H and O–H groups in total. The third kappa shape index (κ3) is 7.40. The summed E-state index contributed by atoms with van der Waals surface area (Å²) in [6.45, 7) is 6.01. The second-order valence-corrected chi connectivity index (χ2v) is 11.3. The number of aliphatic carboxylic acids is 1. The number of ether oxygens (including phenoxy) is 1. The van der Waals surface area contributed by atoms with Crippen LogP contribution in [0.4, 0.5) is 4.39 Å². The summed E-state index contributed by atoms with van der Waals surface area (Å²) in [4.78, 5) is 38.8. The fourth-order valence-electron chi connectivity index (χ4n) is 5.77. The molecule has 9 heteroatoms. The molecule has 1 heterocycles. The molecule has 216 valence electrons. The fourth-order valence-corrected chi connectivity index (χ4v) is 5.89. The molecular weight excluding hydrogens is 535 g/mol. The Bertz CT molecular complexity index is 1210. The maximum atomic E-state index is 14.3. The van der Waals surface area contributed by atoms with E-state index >= 15 is 0 Å². The number of carbonyl (C=O) groups excluding carboxylic acids is 2. The molecule has 1 aliphatic heterocycles. The number of hydrogen-bond donors (Lipinski definition) is 1. The minimum Gasteiger partial charge on any atom is -0.491 e. The molecule has 0 aromatic heterocycles. The van der Waals surface area contributed by atoms with Crippen molar-refractivity contribution in [2.24, 2.45) is 11.8 Å². The summed E-state index contributed by atoms with van der Waals surface area (Å²) in [6, 6.07) is 10.9. The molecule has 0 radical (unpaired) electrons. The molecule has 1 saturated carbocycles. The van der Waals surface area contributed by atoms with Gasteiger partial charge in [-0.25, -0.2) is 4.39 Å². The van der Waals surface area contributed by atoms with E-state index in [1.165, 1.54) is 11.0 Å². The molecule has 7 nitrogen and oxygen atoms in total. The van der Waals surface area contributed by atoms with Crippen LogP contribution in [0.5, 0.6) is 5.75 Å². The first-order valence-electron chi connectivity index (χ1n) is 14.2. The molecule has 1 atom stereocenters. The first kappa shape index (κ1) is 30.0. The molecule has 1 aliphatic carbocycles. The van der Waals surface area contributed by atoms with E-state index in [0.717, 1.165) is 48.2 Å². The summed E-state index contributed by atoms with van der Waals surface area (Å²) in [5.41, 5.74) is 2.96. The van der Waals surface area contributed by atoms with Gasteiger partial charge in [0.2, 0.25) is 11.8 Å².